The van der Waals surface area contributed by atoms with Crippen molar-refractivity contribution in [1.82, 2.24) is 4.72 Å². The molecule has 0 aromatic carbocycles. The fourth-order valence-electron chi connectivity index (χ4n) is 2.62. The molecule has 0 aromatic heterocycles. The number of hydrogen-bond acceptors (Lipinski definition) is 6. The molecule has 1 fully saturated rings. The molecule has 1 heterocycles. The van der Waals surface area contributed by atoms with Crippen molar-refractivity contribution in [3.8, 4) is 0 Å². The van der Waals surface area contributed by atoms with Crippen molar-refractivity contribution >= 4 is 17.1 Å². The minimum atomic E-state index is -3.94. The van der Waals surface area contributed by atoms with Crippen LogP contribution in [0.3, 0.4) is 0 Å². The van der Waals surface area contributed by atoms with Crippen LogP contribution >= 0.6 is 0 Å². The molecule has 2 aliphatic rings. The lowest BCUT2D eigenvalue weighted by Crippen LogP contribution is -2.47. The molecule has 7 nitrogen and oxygen atoms in total. The van der Waals surface area contributed by atoms with Crippen LogP contribution in [0.5, 0.6) is 0 Å². The van der Waals surface area contributed by atoms with Crippen molar-refractivity contribution in [3.63, 3.8) is 0 Å². The Labute approximate surface area is 150 Å². The minimum absolute atomic E-state index is 0.282. The lowest BCUT2D eigenvalue weighted by atomic mass is 9.71. The van der Waals surface area contributed by atoms with Gasteiger partial charge in [-0.25, -0.2) is 13.1 Å². The number of aliphatic hydroxyl groups is 2. The van der Waals surface area contributed by atoms with Crippen LogP contribution in [0.2, 0.25) is 0 Å². The van der Waals surface area contributed by atoms with E-state index >= 15 is 0 Å². The Balaban J connectivity index is 2.34. The highest BCUT2D eigenvalue weighted by Gasteiger charge is 2.54. The zero-order valence-corrected chi connectivity index (χ0v) is 16.6. The summed E-state index contributed by atoms with van der Waals surface area (Å²) in [5, 5.41) is 20.8. The van der Waals surface area contributed by atoms with E-state index in [1.807, 2.05) is 27.7 Å². The SMILES string of the molecule is CC(C)(C)NS(=O)(=O)C1=CC=C(B2OC(C)(C)C(C)(C)O2)C(O)C1O. The van der Waals surface area contributed by atoms with Crippen LogP contribution in [0, 0.1) is 0 Å². The van der Waals surface area contributed by atoms with Gasteiger partial charge in [-0.1, -0.05) is 6.08 Å². The van der Waals surface area contributed by atoms with E-state index in [0.29, 0.717) is 5.47 Å². The molecule has 25 heavy (non-hydrogen) atoms. The zero-order valence-electron chi connectivity index (χ0n) is 15.8. The van der Waals surface area contributed by atoms with Crippen LogP contribution < -0.4 is 4.72 Å². The zero-order chi connectivity index (χ0) is 19.4. The number of sulfonamides is 1. The average Bonchev–Trinajstić information content (AvgIpc) is 2.58. The monoisotopic (exact) mass is 373 g/mol. The molecule has 0 aromatic rings. The first-order valence-electron chi connectivity index (χ1n) is 8.25. The molecule has 3 N–H and O–H groups in total. The molecule has 142 valence electrons. The molecule has 1 aliphatic heterocycles. The van der Waals surface area contributed by atoms with Crippen LogP contribution in [0.25, 0.3) is 0 Å². The summed E-state index contributed by atoms with van der Waals surface area (Å²) >= 11 is 0. The third kappa shape index (κ3) is 4.01. The van der Waals surface area contributed by atoms with E-state index in [4.69, 9.17) is 9.31 Å². The number of aliphatic hydroxyl groups excluding tert-OH is 2. The van der Waals surface area contributed by atoms with Crippen LogP contribution in [0.4, 0.5) is 0 Å². The quantitative estimate of drug-likeness (QED) is 0.635. The first-order chi connectivity index (χ1) is 11.1. The standard InChI is InChI=1S/C16H28BNO6S/c1-14(2,3)18-25(21,22)11-9-8-10(12(19)13(11)20)17-23-15(4,5)16(6,7)24-17/h8-9,12-13,18-20H,1-7H3. The van der Waals surface area contributed by atoms with Crippen molar-refractivity contribution in [1.29, 1.82) is 0 Å². The maximum absolute atomic E-state index is 12.4. The second kappa shape index (κ2) is 6.18. The van der Waals surface area contributed by atoms with Crippen LogP contribution in [0.1, 0.15) is 48.5 Å². The van der Waals surface area contributed by atoms with Gasteiger partial charge in [-0.05, 0) is 60.0 Å². The largest absolute Gasteiger partial charge is 0.493 e. The van der Waals surface area contributed by atoms with E-state index in [0.717, 1.165) is 0 Å². The van der Waals surface area contributed by atoms with Crippen molar-refractivity contribution in [3.05, 3.63) is 22.5 Å². The highest BCUT2D eigenvalue weighted by atomic mass is 32.2. The van der Waals surface area contributed by atoms with Crippen LogP contribution in [-0.2, 0) is 19.3 Å². The first-order valence-corrected chi connectivity index (χ1v) is 9.73. The van der Waals surface area contributed by atoms with Crippen molar-refractivity contribution in [2.75, 3.05) is 0 Å². The number of nitrogens with one attached hydrogen (secondary N) is 1. The molecule has 2 atom stereocenters. The fourth-order valence-corrected chi connectivity index (χ4v) is 4.24. The van der Waals surface area contributed by atoms with Gasteiger partial charge in [-0.2, -0.15) is 0 Å². The summed E-state index contributed by atoms with van der Waals surface area (Å²) in [7, 11) is -4.80. The molecular formula is C16H28BNO6S. The van der Waals surface area contributed by atoms with Gasteiger partial charge in [0.1, 0.15) is 12.2 Å². The molecule has 0 bridgehead atoms. The van der Waals surface area contributed by atoms with Crippen LogP contribution in [-0.4, -0.2) is 54.7 Å². The smallest absolute Gasteiger partial charge is 0.399 e. The Morgan fingerprint density at radius 1 is 1.04 bits per heavy atom. The van der Waals surface area contributed by atoms with Crippen LogP contribution in [0.15, 0.2) is 22.5 Å². The highest BCUT2D eigenvalue weighted by Crippen LogP contribution is 2.40. The third-order valence-electron chi connectivity index (χ3n) is 4.65. The summed E-state index contributed by atoms with van der Waals surface area (Å²) < 4.78 is 39.1. The third-order valence-corrected chi connectivity index (χ3v) is 6.53. The lowest BCUT2D eigenvalue weighted by molar-refractivity contribution is 0.00578. The Morgan fingerprint density at radius 2 is 1.52 bits per heavy atom. The van der Waals surface area contributed by atoms with Gasteiger partial charge >= 0.3 is 7.12 Å². The first kappa shape index (κ1) is 20.6. The molecule has 2 rings (SSSR count). The summed E-state index contributed by atoms with van der Waals surface area (Å²) in [5.74, 6) is 0. The molecule has 9 heteroatoms. The molecular weight excluding hydrogens is 345 g/mol. The van der Waals surface area contributed by atoms with E-state index in [-0.39, 0.29) is 4.91 Å². The number of rotatable bonds is 3. The van der Waals surface area contributed by atoms with Gasteiger partial charge in [-0.3, -0.25) is 0 Å². The molecule has 0 saturated carbocycles. The molecule has 0 radical (unpaired) electrons. The van der Waals surface area contributed by atoms with Gasteiger partial charge < -0.3 is 19.5 Å². The highest BCUT2D eigenvalue weighted by molar-refractivity contribution is 7.93. The normalized spacial score (nSPS) is 29.4. The van der Waals surface area contributed by atoms with Crippen molar-refractivity contribution in [2.24, 2.45) is 0 Å². The van der Waals surface area contributed by atoms with E-state index < -0.39 is 46.1 Å². The summed E-state index contributed by atoms with van der Waals surface area (Å²) in [6.07, 6.45) is -0.312. The van der Waals surface area contributed by atoms with Gasteiger partial charge in [0, 0.05) is 5.54 Å². The van der Waals surface area contributed by atoms with E-state index in [1.54, 1.807) is 20.8 Å². The maximum atomic E-state index is 12.4. The number of hydrogen-bond donors (Lipinski definition) is 3. The van der Waals surface area contributed by atoms with E-state index in [2.05, 4.69) is 4.72 Å². The summed E-state index contributed by atoms with van der Waals surface area (Å²) in [5.41, 5.74) is -1.62. The lowest BCUT2D eigenvalue weighted by Gasteiger charge is -2.32. The Hall–Kier alpha value is -0.705. The van der Waals surface area contributed by atoms with Crippen molar-refractivity contribution in [2.45, 2.75) is 77.4 Å². The van der Waals surface area contributed by atoms with Gasteiger partial charge in [0.25, 0.3) is 0 Å². The topological polar surface area (TPSA) is 105 Å². The second-order valence-corrected chi connectivity index (χ2v) is 10.3. The van der Waals surface area contributed by atoms with Crippen molar-refractivity contribution < 1.29 is 27.9 Å². The van der Waals surface area contributed by atoms with E-state index in [1.165, 1.54) is 12.2 Å². The molecule has 1 saturated heterocycles. The summed E-state index contributed by atoms with van der Waals surface area (Å²) in [4.78, 5) is -0.282. The average molecular weight is 373 g/mol. The van der Waals surface area contributed by atoms with E-state index in [9.17, 15) is 18.6 Å². The predicted octanol–water partition coefficient (Wildman–Crippen LogP) is 0.881. The molecule has 0 spiro atoms. The molecule has 0 amide bonds. The summed E-state index contributed by atoms with van der Waals surface area (Å²) in [6.45, 7) is 12.6. The Morgan fingerprint density at radius 3 is 1.96 bits per heavy atom. The van der Waals surface area contributed by atoms with Gasteiger partial charge in [0.05, 0.1) is 16.1 Å². The fraction of sp³-hybridized carbons (Fsp3) is 0.750. The minimum Gasteiger partial charge on any atom is -0.399 e. The summed E-state index contributed by atoms with van der Waals surface area (Å²) in [6, 6.07) is 0. The second-order valence-electron chi connectivity index (χ2n) is 8.57. The Kier molecular flexibility index (Phi) is 5.09. The molecule has 1 aliphatic carbocycles. The molecule has 2 unspecified atom stereocenters. The Bertz CT molecular complexity index is 689. The van der Waals surface area contributed by atoms with Gasteiger partial charge in [0.2, 0.25) is 10.0 Å². The van der Waals surface area contributed by atoms with Gasteiger partial charge in [0.15, 0.2) is 0 Å². The maximum Gasteiger partial charge on any atom is 0.493 e. The number of allylic oxidation sites excluding steroid dienone is 2. The predicted molar refractivity (Wildman–Crippen MR) is 96.1 cm³/mol. The van der Waals surface area contributed by atoms with Gasteiger partial charge in [-0.15, -0.1) is 0 Å².